The molecule has 0 unspecified atom stereocenters. The maximum Gasteiger partial charge on any atom is 0.116 e. The van der Waals surface area contributed by atoms with Crippen molar-refractivity contribution in [3.05, 3.63) is 30.0 Å². The summed E-state index contributed by atoms with van der Waals surface area (Å²) < 4.78 is 2.26. The van der Waals surface area contributed by atoms with Gasteiger partial charge in [0.15, 0.2) is 0 Å². The van der Waals surface area contributed by atoms with Gasteiger partial charge in [-0.25, -0.2) is 0 Å². The van der Waals surface area contributed by atoms with Crippen LogP contribution in [0.3, 0.4) is 0 Å². The minimum Gasteiger partial charge on any atom is -0.508 e. The molecule has 1 aliphatic heterocycles. The number of benzene rings is 1. The lowest BCUT2D eigenvalue weighted by Gasteiger charge is -2.13. The number of rotatable bonds is 3. The van der Waals surface area contributed by atoms with E-state index in [0.717, 1.165) is 13.1 Å². The SMILES string of the molecule is CCn1cc(CN2CCCC2)c2cc(O)ccc21. The molecule has 1 saturated heterocycles. The second-order valence-corrected chi connectivity index (χ2v) is 5.13. The molecule has 0 radical (unpaired) electrons. The van der Waals surface area contributed by atoms with Crippen LogP contribution in [0.4, 0.5) is 0 Å². The van der Waals surface area contributed by atoms with Gasteiger partial charge in [-0.3, -0.25) is 4.90 Å². The number of likely N-dealkylation sites (tertiary alicyclic amines) is 1. The van der Waals surface area contributed by atoms with E-state index in [1.54, 1.807) is 6.07 Å². The van der Waals surface area contributed by atoms with E-state index in [4.69, 9.17) is 0 Å². The monoisotopic (exact) mass is 244 g/mol. The highest BCUT2D eigenvalue weighted by atomic mass is 16.3. The zero-order valence-corrected chi connectivity index (χ0v) is 10.9. The third-order valence-electron chi connectivity index (χ3n) is 3.88. The highest BCUT2D eigenvalue weighted by Gasteiger charge is 2.15. The van der Waals surface area contributed by atoms with Crippen molar-refractivity contribution in [1.82, 2.24) is 9.47 Å². The third kappa shape index (κ3) is 1.99. The average molecular weight is 244 g/mol. The van der Waals surface area contributed by atoms with E-state index in [0.29, 0.717) is 5.75 Å². The van der Waals surface area contributed by atoms with Crippen LogP contribution < -0.4 is 0 Å². The molecular weight excluding hydrogens is 224 g/mol. The quantitative estimate of drug-likeness (QED) is 0.899. The molecule has 96 valence electrons. The molecule has 0 aliphatic carbocycles. The fraction of sp³-hybridized carbons (Fsp3) is 0.467. The number of nitrogens with zero attached hydrogens (tertiary/aromatic N) is 2. The summed E-state index contributed by atoms with van der Waals surface area (Å²) in [5.41, 5.74) is 2.56. The first-order valence-electron chi connectivity index (χ1n) is 6.81. The molecule has 0 spiro atoms. The second-order valence-electron chi connectivity index (χ2n) is 5.13. The molecule has 2 heterocycles. The first-order valence-corrected chi connectivity index (χ1v) is 6.81. The molecule has 3 heteroatoms. The largest absolute Gasteiger partial charge is 0.508 e. The lowest BCUT2D eigenvalue weighted by molar-refractivity contribution is 0.332. The van der Waals surface area contributed by atoms with Gasteiger partial charge in [0.2, 0.25) is 0 Å². The Kier molecular flexibility index (Phi) is 3.00. The summed E-state index contributed by atoms with van der Waals surface area (Å²) >= 11 is 0. The van der Waals surface area contributed by atoms with Gasteiger partial charge in [0.25, 0.3) is 0 Å². The summed E-state index contributed by atoms with van der Waals surface area (Å²) in [6.07, 6.45) is 4.87. The highest BCUT2D eigenvalue weighted by Crippen LogP contribution is 2.27. The van der Waals surface area contributed by atoms with Crippen LogP contribution in [0.1, 0.15) is 25.3 Å². The Labute approximate surface area is 108 Å². The molecular formula is C15H20N2O. The summed E-state index contributed by atoms with van der Waals surface area (Å²) in [6, 6.07) is 5.68. The van der Waals surface area contributed by atoms with E-state index >= 15 is 0 Å². The van der Waals surface area contributed by atoms with Crippen molar-refractivity contribution >= 4 is 10.9 Å². The summed E-state index contributed by atoms with van der Waals surface area (Å²) in [6.45, 7) is 6.55. The lowest BCUT2D eigenvalue weighted by atomic mass is 10.1. The molecule has 1 aliphatic rings. The topological polar surface area (TPSA) is 28.4 Å². The van der Waals surface area contributed by atoms with E-state index in [9.17, 15) is 5.11 Å². The Balaban J connectivity index is 2.01. The van der Waals surface area contributed by atoms with E-state index in [1.807, 2.05) is 12.1 Å². The molecule has 0 saturated carbocycles. The number of aryl methyl sites for hydroxylation is 1. The zero-order valence-electron chi connectivity index (χ0n) is 10.9. The maximum atomic E-state index is 9.67. The van der Waals surface area contributed by atoms with Gasteiger partial charge in [0.1, 0.15) is 5.75 Å². The number of phenolic OH excluding ortho intramolecular Hbond substituents is 1. The Morgan fingerprint density at radius 2 is 2.00 bits per heavy atom. The fourth-order valence-corrected chi connectivity index (χ4v) is 2.93. The molecule has 0 bridgehead atoms. The number of aromatic hydroxyl groups is 1. The Bertz CT molecular complexity index is 553. The lowest BCUT2D eigenvalue weighted by Crippen LogP contribution is -2.18. The first-order chi connectivity index (χ1) is 8.78. The normalized spacial score (nSPS) is 16.7. The number of phenols is 1. The highest BCUT2D eigenvalue weighted by molar-refractivity contribution is 5.85. The van der Waals surface area contributed by atoms with Crippen molar-refractivity contribution < 1.29 is 5.11 Å². The van der Waals surface area contributed by atoms with Crippen LogP contribution >= 0.6 is 0 Å². The Hall–Kier alpha value is -1.48. The van der Waals surface area contributed by atoms with Gasteiger partial charge in [-0.2, -0.15) is 0 Å². The van der Waals surface area contributed by atoms with Gasteiger partial charge in [-0.05, 0) is 56.6 Å². The summed E-state index contributed by atoms with van der Waals surface area (Å²) in [5, 5.41) is 10.9. The van der Waals surface area contributed by atoms with Crippen molar-refractivity contribution in [2.45, 2.75) is 32.9 Å². The third-order valence-corrected chi connectivity index (χ3v) is 3.88. The van der Waals surface area contributed by atoms with Crippen molar-refractivity contribution in [3.63, 3.8) is 0 Å². The number of aromatic nitrogens is 1. The summed E-state index contributed by atoms with van der Waals surface area (Å²) in [4.78, 5) is 2.50. The standard InChI is InChI=1S/C15H20N2O/c1-2-17-11-12(10-16-7-3-4-8-16)14-9-13(18)5-6-15(14)17/h5-6,9,11,18H,2-4,7-8,10H2,1H3. The van der Waals surface area contributed by atoms with Gasteiger partial charge in [0.05, 0.1) is 0 Å². The van der Waals surface area contributed by atoms with Crippen LogP contribution in [0.25, 0.3) is 10.9 Å². The number of hydrogen-bond acceptors (Lipinski definition) is 2. The molecule has 1 aromatic heterocycles. The van der Waals surface area contributed by atoms with Gasteiger partial charge in [0, 0.05) is 30.2 Å². The second kappa shape index (κ2) is 4.65. The minimum atomic E-state index is 0.360. The summed E-state index contributed by atoms with van der Waals surface area (Å²) in [5.74, 6) is 0.360. The van der Waals surface area contributed by atoms with Crippen LogP contribution in [0.5, 0.6) is 5.75 Å². The first kappa shape index (κ1) is 11.6. The predicted octanol–water partition coefficient (Wildman–Crippen LogP) is 2.96. The molecule has 1 aromatic carbocycles. The van der Waals surface area contributed by atoms with Crippen LogP contribution in [0.2, 0.25) is 0 Å². The van der Waals surface area contributed by atoms with E-state index in [2.05, 4.69) is 22.6 Å². The minimum absolute atomic E-state index is 0.360. The molecule has 2 aromatic rings. The molecule has 3 nitrogen and oxygen atoms in total. The number of hydrogen-bond donors (Lipinski definition) is 1. The van der Waals surface area contributed by atoms with Gasteiger partial charge in [-0.15, -0.1) is 0 Å². The Morgan fingerprint density at radius 1 is 1.22 bits per heavy atom. The molecule has 3 rings (SSSR count). The van der Waals surface area contributed by atoms with Crippen molar-refractivity contribution in [2.24, 2.45) is 0 Å². The number of fused-ring (bicyclic) bond motifs is 1. The van der Waals surface area contributed by atoms with Gasteiger partial charge >= 0.3 is 0 Å². The molecule has 0 atom stereocenters. The van der Waals surface area contributed by atoms with Crippen LogP contribution in [0, 0.1) is 0 Å². The zero-order chi connectivity index (χ0) is 12.5. The Morgan fingerprint density at radius 3 is 2.72 bits per heavy atom. The molecule has 1 fully saturated rings. The average Bonchev–Trinajstić information content (AvgIpc) is 2.98. The fourth-order valence-electron chi connectivity index (χ4n) is 2.93. The molecule has 1 N–H and O–H groups in total. The van der Waals surface area contributed by atoms with E-state index < -0.39 is 0 Å². The van der Waals surface area contributed by atoms with Gasteiger partial charge in [-0.1, -0.05) is 0 Å². The predicted molar refractivity (Wildman–Crippen MR) is 73.8 cm³/mol. The van der Waals surface area contributed by atoms with Crippen molar-refractivity contribution in [1.29, 1.82) is 0 Å². The smallest absolute Gasteiger partial charge is 0.116 e. The summed E-state index contributed by atoms with van der Waals surface area (Å²) in [7, 11) is 0. The van der Waals surface area contributed by atoms with Crippen LogP contribution in [-0.2, 0) is 13.1 Å². The van der Waals surface area contributed by atoms with Crippen molar-refractivity contribution in [3.8, 4) is 5.75 Å². The van der Waals surface area contributed by atoms with Crippen LogP contribution in [0.15, 0.2) is 24.4 Å². The van der Waals surface area contributed by atoms with Crippen molar-refractivity contribution in [2.75, 3.05) is 13.1 Å². The molecule has 18 heavy (non-hydrogen) atoms. The van der Waals surface area contributed by atoms with E-state index in [-0.39, 0.29) is 0 Å². The van der Waals surface area contributed by atoms with Gasteiger partial charge < -0.3 is 9.67 Å². The maximum absolute atomic E-state index is 9.67. The van der Waals surface area contributed by atoms with E-state index in [1.165, 1.54) is 42.4 Å². The molecule has 0 amide bonds. The van der Waals surface area contributed by atoms with Crippen LogP contribution in [-0.4, -0.2) is 27.7 Å².